The standard InChI is InChI=1S/C25H29N3O5S/c1-27(19-8-3-2-4-9-19)34(32,33)20-15-13-18(14-16-20)26-23(29)12-7-17-28-24(30)21-10-5-6-11-22(21)25(28)31/h5-6,10-11,13-16,19H,2-4,7-9,12,17H2,1H3,(H,26,29). The van der Waals surface area contributed by atoms with Crippen molar-refractivity contribution in [2.75, 3.05) is 18.9 Å². The second-order valence-corrected chi connectivity index (χ2v) is 10.8. The Labute approximate surface area is 200 Å². The predicted molar refractivity (Wildman–Crippen MR) is 128 cm³/mol. The third kappa shape index (κ3) is 4.90. The summed E-state index contributed by atoms with van der Waals surface area (Å²) in [5, 5.41) is 2.74. The first kappa shape index (κ1) is 24.1. The number of rotatable bonds is 8. The summed E-state index contributed by atoms with van der Waals surface area (Å²) in [5.74, 6) is -0.946. The second kappa shape index (κ2) is 10.1. The Bertz CT molecular complexity index is 1150. The molecule has 0 unspecified atom stereocenters. The van der Waals surface area contributed by atoms with Gasteiger partial charge in [-0.1, -0.05) is 31.4 Å². The number of imide groups is 1. The minimum Gasteiger partial charge on any atom is -0.326 e. The van der Waals surface area contributed by atoms with Gasteiger partial charge < -0.3 is 5.32 Å². The molecule has 1 N–H and O–H groups in total. The van der Waals surface area contributed by atoms with E-state index in [2.05, 4.69) is 5.32 Å². The summed E-state index contributed by atoms with van der Waals surface area (Å²) in [6, 6.07) is 12.9. The van der Waals surface area contributed by atoms with Crippen molar-refractivity contribution in [2.24, 2.45) is 0 Å². The van der Waals surface area contributed by atoms with Crippen LogP contribution in [-0.4, -0.2) is 55.0 Å². The molecule has 180 valence electrons. The van der Waals surface area contributed by atoms with Crippen LogP contribution in [-0.2, 0) is 14.8 Å². The molecule has 4 rings (SSSR count). The smallest absolute Gasteiger partial charge is 0.261 e. The molecular weight excluding hydrogens is 454 g/mol. The maximum Gasteiger partial charge on any atom is 0.261 e. The van der Waals surface area contributed by atoms with E-state index in [1.165, 1.54) is 21.3 Å². The van der Waals surface area contributed by atoms with E-state index >= 15 is 0 Å². The van der Waals surface area contributed by atoms with Crippen LogP contribution in [0.1, 0.15) is 65.7 Å². The van der Waals surface area contributed by atoms with Gasteiger partial charge in [0, 0.05) is 31.7 Å². The first-order valence-corrected chi connectivity index (χ1v) is 13.1. The lowest BCUT2D eigenvalue weighted by Crippen LogP contribution is -2.38. The van der Waals surface area contributed by atoms with E-state index in [1.54, 1.807) is 43.4 Å². The second-order valence-electron chi connectivity index (χ2n) is 8.80. The van der Waals surface area contributed by atoms with E-state index in [0.29, 0.717) is 23.2 Å². The maximum absolute atomic E-state index is 12.9. The minimum atomic E-state index is -3.59. The Morgan fingerprint density at radius 3 is 2.15 bits per heavy atom. The van der Waals surface area contributed by atoms with Crippen LogP contribution in [0.15, 0.2) is 53.4 Å². The zero-order chi connectivity index (χ0) is 24.3. The van der Waals surface area contributed by atoms with Gasteiger partial charge in [0.15, 0.2) is 0 Å². The van der Waals surface area contributed by atoms with Gasteiger partial charge in [-0.2, -0.15) is 4.31 Å². The number of benzene rings is 2. The number of carbonyl (C=O) groups excluding carboxylic acids is 3. The zero-order valence-electron chi connectivity index (χ0n) is 19.2. The molecule has 2 aliphatic rings. The molecule has 9 heteroatoms. The molecular formula is C25H29N3O5S. The molecule has 0 bridgehead atoms. The van der Waals surface area contributed by atoms with Crippen molar-refractivity contribution in [1.82, 2.24) is 9.21 Å². The summed E-state index contributed by atoms with van der Waals surface area (Å²) in [6.07, 6.45) is 5.45. The lowest BCUT2D eigenvalue weighted by molar-refractivity contribution is -0.116. The molecule has 3 amide bonds. The Morgan fingerprint density at radius 1 is 0.971 bits per heavy atom. The fourth-order valence-electron chi connectivity index (χ4n) is 4.58. The van der Waals surface area contributed by atoms with Gasteiger partial charge >= 0.3 is 0 Å². The molecule has 1 aliphatic heterocycles. The normalized spacial score (nSPS) is 16.7. The van der Waals surface area contributed by atoms with E-state index in [1.807, 2.05) is 0 Å². The predicted octanol–water partition coefficient (Wildman–Crippen LogP) is 3.65. The van der Waals surface area contributed by atoms with E-state index < -0.39 is 10.0 Å². The molecule has 8 nitrogen and oxygen atoms in total. The summed E-state index contributed by atoms with van der Waals surface area (Å²) in [7, 11) is -1.96. The minimum absolute atomic E-state index is 0.0280. The Hall–Kier alpha value is -3.04. The number of fused-ring (bicyclic) bond motifs is 1. The Balaban J connectivity index is 1.29. The van der Waals surface area contributed by atoms with Crippen LogP contribution in [0.4, 0.5) is 5.69 Å². The van der Waals surface area contributed by atoms with E-state index in [9.17, 15) is 22.8 Å². The quantitative estimate of drug-likeness (QED) is 0.577. The molecule has 1 saturated carbocycles. The highest BCUT2D eigenvalue weighted by Crippen LogP contribution is 2.27. The highest BCUT2D eigenvalue weighted by Gasteiger charge is 2.34. The van der Waals surface area contributed by atoms with Gasteiger partial charge in [0.25, 0.3) is 11.8 Å². The summed E-state index contributed by atoms with van der Waals surface area (Å²) in [4.78, 5) is 38.5. The van der Waals surface area contributed by atoms with Crippen molar-refractivity contribution in [3.63, 3.8) is 0 Å². The summed E-state index contributed by atoms with van der Waals surface area (Å²) in [6.45, 7) is 0.157. The van der Waals surface area contributed by atoms with E-state index in [0.717, 1.165) is 32.1 Å². The lowest BCUT2D eigenvalue weighted by atomic mass is 9.96. The SMILES string of the molecule is CN(C1CCCCC1)S(=O)(=O)c1ccc(NC(=O)CCCN2C(=O)c3ccccc3C2=O)cc1. The van der Waals surface area contributed by atoms with Crippen molar-refractivity contribution in [3.8, 4) is 0 Å². The number of sulfonamides is 1. The van der Waals surface area contributed by atoms with Gasteiger partial charge in [-0.05, 0) is 55.7 Å². The maximum atomic E-state index is 12.9. The molecule has 2 aromatic carbocycles. The molecule has 0 aromatic heterocycles. The number of carbonyl (C=O) groups is 3. The van der Waals surface area contributed by atoms with Crippen molar-refractivity contribution in [3.05, 3.63) is 59.7 Å². The summed E-state index contributed by atoms with van der Waals surface area (Å²) < 4.78 is 27.4. The van der Waals surface area contributed by atoms with E-state index in [4.69, 9.17) is 0 Å². The molecule has 0 spiro atoms. The molecule has 0 atom stereocenters. The monoisotopic (exact) mass is 483 g/mol. The third-order valence-electron chi connectivity index (χ3n) is 6.57. The first-order valence-electron chi connectivity index (χ1n) is 11.6. The average Bonchev–Trinajstić information content (AvgIpc) is 3.09. The average molecular weight is 484 g/mol. The Kier molecular flexibility index (Phi) is 7.13. The summed E-state index contributed by atoms with van der Waals surface area (Å²) >= 11 is 0. The van der Waals surface area contributed by atoms with Gasteiger partial charge in [0.05, 0.1) is 16.0 Å². The fourth-order valence-corrected chi connectivity index (χ4v) is 6.00. The van der Waals surface area contributed by atoms with Gasteiger partial charge in [0.1, 0.15) is 0 Å². The molecule has 34 heavy (non-hydrogen) atoms. The number of amides is 3. The molecule has 1 heterocycles. The molecule has 0 saturated heterocycles. The van der Waals surface area contributed by atoms with Crippen molar-refractivity contribution in [1.29, 1.82) is 0 Å². The highest BCUT2D eigenvalue weighted by molar-refractivity contribution is 7.89. The van der Waals surface area contributed by atoms with Crippen LogP contribution >= 0.6 is 0 Å². The zero-order valence-corrected chi connectivity index (χ0v) is 20.0. The summed E-state index contributed by atoms with van der Waals surface area (Å²) in [5.41, 5.74) is 1.27. The Morgan fingerprint density at radius 2 is 1.56 bits per heavy atom. The van der Waals surface area contributed by atoms with Crippen LogP contribution in [0, 0.1) is 0 Å². The van der Waals surface area contributed by atoms with Gasteiger partial charge in [0.2, 0.25) is 15.9 Å². The number of nitrogens with one attached hydrogen (secondary N) is 1. The number of anilines is 1. The topological polar surface area (TPSA) is 104 Å². The lowest BCUT2D eigenvalue weighted by Gasteiger charge is -2.30. The van der Waals surface area contributed by atoms with Gasteiger partial charge in [-0.15, -0.1) is 0 Å². The molecule has 2 aromatic rings. The van der Waals surface area contributed by atoms with Crippen LogP contribution in [0.2, 0.25) is 0 Å². The van der Waals surface area contributed by atoms with Gasteiger partial charge in [-0.25, -0.2) is 8.42 Å². The van der Waals surface area contributed by atoms with Crippen LogP contribution in [0.3, 0.4) is 0 Å². The van der Waals surface area contributed by atoms with Crippen molar-refractivity contribution >= 4 is 33.4 Å². The van der Waals surface area contributed by atoms with Crippen LogP contribution in [0.25, 0.3) is 0 Å². The van der Waals surface area contributed by atoms with Crippen LogP contribution < -0.4 is 5.32 Å². The fraction of sp³-hybridized carbons (Fsp3) is 0.400. The number of hydrogen-bond donors (Lipinski definition) is 1. The molecule has 1 fully saturated rings. The van der Waals surface area contributed by atoms with Gasteiger partial charge in [-0.3, -0.25) is 19.3 Å². The molecule has 0 radical (unpaired) electrons. The number of nitrogens with zero attached hydrogens (tertiary/aromatic N) is 2. The number of hydrogen-bond acceptors (Lipinski definition) is 5. The van der Waals surface area contributed by atoms with Crippen molar-refractivity contribution in [2.45, 2.75) is 55.9 Å². The first-order chi connectivity index (χ1) is 16.3. The molecule has 1 aliphatic carbocycles. The van der Waals surface area contributed by atoms with Crippen molar-refractivity contribution < 1.29 is 22.8 Å². The van der Waals surface area contributed by atoms with E-state index in [-0.39, 0.29) is 41.6 Å². The largest absolute Gasteiger partial charge is 0.326 e. The highest BCUT2D eigenvalue weighted by atomic mass is 32.2. The van der Waals surface area contributed by atoms with Crippen LogP contribution in [0.5, 0.6) is 0 Å². The third-order valence-corrected chi connectivity index (χ3v) is 8.49.